The number of hydrogen-bond donors (Lipinski definition) is 0. The molecule has 1 aromatic carbocycles. The molecule has 0 saturated carbocycles. The molecule has 1 unspecified atom stereocenters. The average molecular weight is 233 g/mol. The van der Waals surface area contributed by atoms with Crippen molar-refractivity contribution in [2.45, 2.75) is 26.0 Å². The molecule has 0 amide bonds. The van der Waals surface area contributed by atoms with Gasteiger partial charge >= 0.3 is 0 Å². The minimum Gasteiger partial charge on any atom is -0.212 e. The van der Waals surface area contributed by atoms with E-state index in [1.807, 2.05) is 26.0 Å². The maximum Gasteiger partial charge on any atom is 0.239 e. The molecule has 4 heteroatoms. The molecule has 1 atom stereocenters. The Labute approximate surface area is 89.3 Å². The summed E-state index contributed by atoms with van der Waals surface area (Å²) in [6.45, 7) is 5.53. The lowest BCUT2D eigenvalue weighted by molar-refractivity contribution is 0.600. The molecule has 0 aliphatic heterocycles. The van der Waals surface area contributed by atoms with E-state index in [-0.39, 0.29) is 0 Å². The summed E-state index contributed by atoms with van der Waals surface area (Å²) in [7, 11) is 1.77. The first-order valence-electron chi connectivity index (χ1n) is 4.33. The van der Waals surface area contributed by atoms with Crippen LogP contribution in [-0.2, 0) is 9.05 Å². The van der Waals surface area contributed by atoms with Crippen molar-refractivity contribution in [3.63, 3.8) is 0 Å². The Morgan fingerprint density at radius 3 is 2.21 bits per heavy atom. The molecule has 1 rings (SSSR count). The first-order chi connectivity index (χ1) is 6.32. The summed E-state index contributed by atoms with van der Waals surface area (Å²) < 4.78 is 22.2. The number of aryl methyl sites for hydroxylation is 2. The fourth-order valence-corrected chi connectivity index (χ4v) is 1.96. The predicted octanol–water partition coefficient (Wildman–Crippen LogP) is 2.93. The van der Waals surface area contributed by atoms with E-state index in [2.05, 4.69) is 0 Å². The van der Waals surface area contributed by atoms with Crippen molar-refractivity contribution in [3.05, 3.63) is 34.9 Å². The highest BCUT2D eigenvalue weighted by molar-refractivity contribution is 8.13. The quantitative estimate of drug-likeness (QED) is 0.735. The van der Waals surface area contributed by atoms with Crippen LogP contribution in [0.5, 0.6) is 0 Å². The molecule has 2 nitrogen and oxygen atoms in total. The summed E-state index contributed by atoms with van der Waals surface area (Å²) in [6.07, 6.45) is 0. The van der Waals surface area contributed by atoms with Crippen LogP contribution in [0.1, 0.15) is 28.9 Å². The Morgan fingerprint density at radius 2 is 1.79 bits per heavy atom. The zero-order chi connectivity index (χ0) is 10.9. The van der Waals surface area contributed by atoms with Gasteiger partial charge < -0.3 is 0 Å². The van der Waals surface area contributed by atoms with Gasteiger partial charge in [-0.2, -0.15) is 0 Å². The fraction of sp³-hybridized carbons (Fsp3) is 0.400. The van der Waals surface area contributed by atoms with Crippen molar-refractivity contribution in [2.75, 3.05) is 0 Å². The Hall–Kier alpha value is -0.540. The molecule has 0 aliphatic rings. The first kappa shape index (κ1) is 11.5. The first-order valence-corrected chi connectivity index (χ1v) is 6.70. The highest BCUT2D eigenvalue weighted by atomic mass is 35.7. The van der Waals surface area contributed by atoms with Crippen LogP contribution in [0.3, 0.4) is 0 Å². The molecule has 14 heavy (non-hydrogen) atoms. The van der Waals surface area contributed by atoms with E-state index in [1.165, 1.54) is 0 Å². The molecule has 0 saturated heterocycles. The molecular formula is C10H13ClO2S. The van der Waals surface area contributed by atoms with Crippen molar-refractivity contribution in [1.82, 2.24) is 0 Å². The van der Waals surface area contributed by atoms with Crippen LogP contribution in [0.15, 0.2) is 18.2 Å². The molecule has 0 N–H and O–H groups in total. The highest BCUT2D eigenvalue weighted by Crippen LogP contribution is 2.26. The van der Waals surface area contributed by atoms with E-state index in [9.17, 15) is 8.42 Å². The predicted molar refractivity (Wildman–Crippen MR) is 59.1 cm³/mol. The molecular weight excluding hydrogens is 220 g/mol. The van der Waals surface area contributed by atoms with Gasteiger partial charge in [0.25, 0.3) is 0 Å². The molecule has 78 valence electrons. The summed E-state index contributed by atoms with van der Waals surface area (Å²) >= 11 is 0. The van der Waals surface area contributed by atoms with Gasteiger partial charge in [-0.1, -0.05) is 18.2 Å². The van der Waals surface area contributed by atoms with E-state index in [0.29, 0.717) is 0 Å². The molecule has 0 heterocycles. The smallest absolute Gasteiger partial charge is 0.212 e. The van der Waals surface area contributed by atoms with Gasteiger partial charge in [-0.15, -0.1) is 0 Å². The van der Waals surface area contributed by atoms with Crippen molar-refractivity contribution < 1.29 is 8.42 Å². The number of benzene rings is 1. The Morgan fingerprint density at radius 1 is 1.21 bits per heavy atom. The lowest BCUT2D eigenvalue weighted by Crippen LogP contribution is -2.03. The SMILES string of the molecule is Cc1ccc(C(C)S(=O)(=O)Cl)cc1C. The Kier molecular flexibility index (Phi) is 3.22. The topological polar surface area (TPSA) is 34.1 Å². The Bertz CT molecular complexity index is 437. The van der Waals surface area contributed by atoms with Gasteiger partial charge in [0.1, 0.15) is 0 Å². The number of rotatable bonds is 2. The normalized spacial score (nSPS) is 14.0. The molecule has 0 radical (unpaired) electrons. The maximum atomic E-state index is 11.1. The van der Waals surface area contributed by atoms with Crippen molar-refractivity contribution >= 4 is 19.7 Å². The van der Waals surface area contributed by atoms with E-state index in [0.717, 1.165) is 16.7 Å². The maximum absolute atomic E-state index is 11.1. The van der Waals surface area contributed by atoms with E-state index in [1.54, 1.807) is 13.0 Å². The van der Waals surface area contributed by atoms with Crippen LogP contribution in [0, 0.1) is 13.8 Å². The largest absolute Gasteiger partial charge is 0.239 e. The minimum atomic E-state index is -3.51. The van der Waals surface area contributed by atoms with Crippen molar-refractivity contribution in [2.24, 2.45) is 0 Å². The van der Waals surface area contributed by atoms with Gasteiger partial charge in [0.05, 0.1) is 5.25 Å². The lowest BCUT2D eigenvalue weighted by atomic mass is 10.0. The second kappa shape index (κ2) is 3.91. The molecule has 0 aromatic heterocycles. The van der Waals surface area contributed by atoms with Crippen LogP contribution < -0.4 is 0 Å². The summed E-state index contributed by atoms with van der Waals surface area (Å²) in [6, 6.07) is 5.57. The summed E-state index contributed by atoms with van der Waals surface area (Å²) in [5.41, 5.74) is 2.96. The van der Waals surface area contributed by atoms with Crippen LogP contribution >= 0.6 is 10.7 Å². The molecule has 0 fully saturated rings. The van der Waals surface area contributed by atoms with Crippen LogP contribution in [0.25, 0.3) is 0 Å². The van der Waals surface area contributed by atoms with E-state index < -0.39 is 14.3 Å². The second-order valence-corrected chi connectivity index (χ2v) is 6.41. The van der Waals surface area contributed by atoms with Crippen LogP contribution in [0.4, 0.5) is 0 Å². The molecule has 0 bridgehead atoms. The fourth-order valence-electron chi connectivity index (χ4n) is 1.18. The summed E-state index contributed by atoms with van der Waals surface area (Å²) in [5, 5.41) is -0.650. The molecule has 1 aromatic rings. The summed E-state index contributed by atoms with van der Waals surface area (Å²) in [5.74, 6) is 0. The van der Waals surface area contributed by atoms with Gasteiger partial charge in [0.15, 0.2) is 0 Å². The summed E-state index contributed by atoms with van der Waals surface area (Å²) in [4.78, 5) is 0. The zero-order valence-corrected chi connectivity index (χ0v) is 9.98. The zero-order valence-electron chi connectivity index (χ0n) is 8.41. The van der Waals surface area contributed by atoms with Crippen molar-refractivity contribution in [3.8, 4) is 0 Å². The molecule has 0 aliphatic carbocycles. The number of hydrogen-bond acceptors (Lipinski definition) is 2. The van der Waals surface area contributed by atoms with Crippen LogP contribution in [0.2, 0.25) is 0 Å². The third kappa shape index (κ3) is 2.49. The third-order valence-electron chi connectivity index (χ3n) is 2.42. The van der Waals surface area contributed by atoms with Crippen LogP contribution in [-0.4, -0.2) is 8.42 Å². The third-order valence-corrected chi connectivity index (χ3v) is 4.34. The minimum absolute atomic E-state index is 0.650. The van der Waals surface area contributed by atoms with Gasteiger partial charge in [-0.05, 0) is 37.5 Å². The Balaban J connectivity index is 3.16. The second-order valence-electron chi connectivity index (χ2n) is 3.46. The van der Waals surface area contributed by atoms with E-state index in [4.69, 9.17) is 10.7 Å². The van der Waals surface area contributed by atoms with Gasteiger partial charge in [-0.25, -0.2) is 8.42 Å². The van der Waals surface area contributed by atoms with Gasteiger partial charge in [-0.3, -0.25) is 0 Å². The lowest BCUT2D eigenvalue weighted by Gasteiger charge is -2.09. The standard InChI is InChI=1S/C10H13ClO2S/c1-7-4-5-10(6-8(7)2)9(3)14(11,12)13/h4-6,9H,1-3H3. The monoisotopic (exact) mass is 232 g/mol. The van der Waals surface area contributed by atoms with E-state index >= 15 is 0 Å². The highest BCUT2D eigenvalue weighted by Gasteiger charge is 2.19. The average Bonchev–Trinajstić information content (AvgIpc) is 2.07. The van der Waals surface area contributed by atoms with Gasteiger partial charge in [0, 0.05) is 10.7 Å². The van der Waals surface area contributed by atoms with Gasteiger partial charge in [0.2, 0.25) is 9.05 Å². The molecule has 0 spiro atoms. The number of halogens is 1. The van der Waals surface area contributed by atoms with Crippen molar-refractivity contribution in [1.29, 1.82) is 0 Å².